The van der Waals surface area contributed by atoms with Gasteiger partial charge in [-0.25, -0.2) is 0 Å². The molecule has 2 aliphatic rings. The topological polar surface area (TPSA) is 479 Å². The molecular weight excluding hydrogens is 1890 g/mol. The molecule has 8 aromatic rings. The summed E-state index contributed by atoms with van der Waals surface area (Å²) in [5.74, 6) is -5.31. The van der Waals surface area contributed by atoms with E-state index in [2.05, 4.69) is 166 Å². The Morgan fingerprint density at radius 1 is 0.199 bits per heavy atom. The molecular formula is C112H138N10O12Pd2. The van der Waals surface area contributed by atoms with Crippen molar-refractivity contribution in [3.63, 3.8) is 0 Å². The fourth-order valence-electron chi connectivity index (χ4n) is 14.5. The van der Waals surface area contributed by atoms with Gasteiger partial charge in [0.15, 0.2) is 0 Å². The maximum atomic E-state index is 13.1. The fraction of sp³-hybridized carbons (Fsp3) is 0.446. The minimum absolute atomic E-state index is 0. The van der Waals surface area contributed by atoms with Crippen LogP contribution in [0.25, 0.3) is 0 Å². The predicted octanol–water partition coefficient (Wildman–Crippen LogP) is 20.7. The summed E-state index contributed by atoms with van der Waals surface area (Å²) in [7, 11) is 0. The van der Waals surface area contributed by atoms with Crippen LogP contribution in [0.5, 0.6) is 23.0 Å². The predicted molar refractivity (Wildman–Crippen MR) is 520 cm³/mol. The second-order valence-electron chi connectivity index (χ2n) is 40.1. The van der Waals surface area contributed by atoms with Crippen molar-refractivity contribution in [2.24, 2.45) is 0 Å². The number of hydrogen-bond donors (Lipinski definition) is 4. The van der Waals surface area contributed by atoms with E-state index in [1.807, 2.05) is 97.1 Å². The normalized spacial score (nSPS) is 11.2. The molecule has 136 heavy (non-hydrogen) atoms. The number of nitrogens with zero attached hydrogens (tertiary/aromatic N) is 10. The van der Waals surface area contributed by atoms with E-state index in [1.54, 1.807) is 60.7 Å². The van der Waals surface area contributed by atoms with Crippen molar-refractivity contribution >= 4 is 23.9 Å². The van der Waals surface area contributed by atoms with Crippen molar-refractivity contribution in [1.82, 2.24) is 0 Å². The van der Waals surface area contributed by atoms with Gasteiger partial charge >= 0.3 is 40.8 Å². The van der Waals surface area contributed by atoms with Gasteiger partial charge in [-0.3, -0.25) is 0 Å². The summed E-state index contributed by atoms with van der Waals surface area (Å²) in [5.41, 5.74) is 13.2. The number of phenols is 4. The monoisotopic (exact) mass is 2030 g/mol. The minimum Gasteiger partial charge on any atom is -0.545 e. The van der Waals surface area contributed by atoms with Crippen molar-refractivity contribution in [2.45, 2.75) is 330 Å². The van der Waals surface area contributed by atoms with Gasteiger partial charge in [0.25, 0.3) is 0 Å². The number of benzene rings is 8. The van der Waals surface area contributed by atoms with Gasteiger partial charge in [0.2, 0.25) is 0 Å². The number of aromatic hydroxyl groups is 4. The van der Waals surface area contributed by atoms with Crippen molar-refractivity contribution in [2.75, 3.05) is 0 Å². The number of rotatable bonds is 4. The van der Waals surface area contributed by atoms with E-state index < -0.39 is 23.9 Å². The van der Waals surface area contributed by atoms with E-state index in [0.29, 0.717) is 89.0 Å². The van der Waals surface area contributed by atoms with E-state index >= 15 is 0 Å². The van der Waals surface area contributed by atoms with E-state index in [1.165, 1.54) is 69.2 Å². The molecule has 0 spiro atoms. The number of nitriles is 10. The molecule has 0 amide bonds. The molecule has 16 bridgehead atoms. The summed E-state index contributed by atoms with van der Waals surface area (Å²) in [5, 5.41) is 174. The van der Waals surface area contributed by atoms with Crippen molar-refractivity contribution < 1.29 is 101 Å². The smallest absolute Gasteiger partial charge is 0.545 e. The minimum atomic E-state index is -1.33. The Hall–Kier alpha value is -12.9. The van der Waals surface area contributed by atoms with Crippen LogP contribution >= 0.6 is 0 Å². The van der Waals surface area contributed by atoms with Gasteiger partial charge in [0.05, 0.1) is 84.6 Å². The molecule has 0 saturated carbocycles. The summed E-state index contributed by atoms with van der Waals surface area (Å²) < 4.78 is 0. The van der Waals surface area contributed by atoms with E-state index in [0.717, 1.165) is 44.5 Å². The summed E-state index contributed by atoms with van der Waals surface area (Å²) >= 11 is 0. The molecule has 0 saturated heterocycles. The van der Waals surface area contributed by atoms with Crippen LogP contribution in [0.3, 0.4) is 0 Å². The van der Waals surface area contributed by atoms with Crippen LogP contribution in [0.1, 0.15) is 410 Å². The molecule has 24 heteroatoms. The molecule has 0 radical (unpaired) electrons. The molecule has 0 atom stereocenters. The van der Waals surface area contributed by atoms with Gasteiger partial charge in [-0.15, -0.1) is 0 Å². The SMILES string of the molecule is CC#N.CC#N.CC#N.CC#N.CC#N.CC#N.CC#N.CC#N.CC#N.CC#N.CC(C)(C)c1cc2c(O)c(c1)Cc1cc(C(C)(C)C)cc(c1C(=O)[O-])Cc1cc(C(C)(C)C)cc(c1O)Cc1cc(C(C)(C)C)cc(c1C(=O)[O-])C2.CC(C)(C)c1cc2c(O)c(c1)Cc1cc(C(C)(C)C)cc(c1C(=O)[O-])Cc1cc(C(C)(C)C)cc(c1O)Cc1cc(C(C)(C)C)cc(c1C(=O)[O-])C2.[Pd+2].[Pd+2]. The van der Waals surface area contributed by atoms with Crippen LogP contribution in [0.4, 0.5) is 0 Å². The van der Waals surface area contributed by atoms with Crippen LogP contribution in [-0.4, -0.2) is 44.3 Å². The number of carbonyl (C=O) groups is 4. The van der Waals surface area contributed by atoms with Crippen LogP contribution in [0.15, 0.2) is 97.1 Å². The number of aromatic carboxylic acids is 4. The largest absolute Gasteiger partial charge is 2.00 e. The number of fused-ring (bicyclic) bond motifs is 16. The first-order valence-corrected chi connectivity index (χ1v) is 43.7. The molecule has 8 aromatic carbocycles. The molecule has 0 aromatic heterocycles. The summed E-state index contributed by atoms with van der Waals surface area (Å²) in [6, 6.07) is 48.0. The second kappa shape index (κ2) is 57.1. The third-order valence-electron chi connectivity index (χ3n) is 21.1. The zero-order valence-corrected chi connectivity index (χ0v) is 89.2. The van der Waals surface area contributed by atoms with Gasteiger partial charge < -0.3 is 60.0 Å². The average molecular weight is 2030 g/mol. The number of phenolic OH excluding ortho intramolecular Hbond substituents is 4. The Morgan fingerprint density at radius 2 is 0.265 bits per heavy atom. The third kappa shape index (κ3) is 39.2. The third-order valence-corrected chi connectivity index (χ3v) is 21.1. The Balaban J connectivity index is -0.000000979. The maximum absolute atomic E-state index is 13.1. The van der Waals surface area contributed by atoms with Crippen molar-refractivity contribution in [3.05, 3.63) is 253 Å². The summed E-state index contributed by atoms with van der Waals surface area (Å²) in [4.78, 5) is 52.5. The molecule has 2 aliphatic carbocycles. The Morgan fingerprint density at radius 3 is 0.324 bits per heavy atom. The molecule has 0 unspecified atom stereocenters. The first-order chi connectivity index (χ1) is 61.6. The van der Waals surface area contributed by atoms with Crippen LogP contribution in [0, 0.1) is 113 Å². The molecule has 0 fully saturated rings. The summed E-state index contributed by atoms with van der Waals surface area (Å²) in [6.07, 6.45) is 0.801. The van der Waals surface area contributed by atoms with Crippen LogP contribution < -0.4 is 20.4 Å². The maximum Gasteiger partial charge on any atom is 2.00 e. The van der Waals surface area contributed by atoms with Gasteiger partial charge in [-0.2, -0.15) is 52.6 Å². The van der Waals surface area contributed by atoms with Gasteiger partial charge in [-0.05, 0) is 177 Å². The Kier molecular flexibility index (Phi) is 54.3. The molecule has 0 aliphatic heterocycles. The summed E-state index contributed by atoms with van der Waals surface area (Å²) in [6.45, 7) is 64.0. The molecule has 0 heterocycles. The molecule has 10 rings (SSSR count). The average Bonchev–Trinajstić information content (AvgIpc) is 0.759. The second-order valence-corrected chi connectivity index (χ2v) is 40.1. The van der Waals surface area contributed by atoms with Gasteiger partial charge in [0.1, 0.15) is 23.0 Å². The number of hydrogen-bond acceptors (Lipinski definition) is 22. The fourth-order valence-corrected chi connectivity index (χ4v) is 14.5. The standard InChI is InChI=1S/2C46H56O6.10C2H3N.2Pd/c2*1-43(2,3)33-17-25-13-29-21-35(45(7,8)9)23-31(39(29)47)15-27-19-34(44(4,5)6)20-28(38(27)42(51)52)16-32-24-36(46(10,11)12)22-30(40(32)48)14-26(18-33)37(25)41(49)50;10*1-2-3;;/h2*17-24,47-48H,13-16H2,1-12H3,(H,49,50)(H,51,52);10*1H3;;/q;;;;;;;;;;;;2*+2/p-4. The first-order valence-electron chi connectivity index (χ1n) is 43.7. The van der Waals surface area contributed by atoms with Crippen LogP contribution in [0.2, 0.25) is 0 Å². The zero-order chi connectivity index (χ0) is 105. The zero-order valence-electron chi connectivity index (χ0n) is 86.1. The van der Waals surface area contributed by atoms with Gasteiger partial charge in [-0.1, -0.05) is 263 Å². The van der Waals surface area contributed by atoms with E-state index in [-0.39, 0.29) is 181 Å². The number of carbonyl (C=O) groups excluding carboxylic acids is 4. The molecule has 4 N–H and O–H groups in total. The number of carboxylic acid groups (broad SMARTS) is 4. The molecule has 22 nitrogen and oxygen atoms in total. The first kappa shape index (κ1) is 129. The van der Waals surface area contributed by atoms with E-state index in [4.69, 9.17) is 52.6 Å². The van der Waals surface area contributed by atoms with E-state index in [9.17, 15) is 60.0 Å². The van der Waals surface area contributed by atoms with Crippen molar-refractivity contribution in [3.8, 4) is 83.7 Å². The quantitative estimate of drug-likeness (QED) is 0.119. The van der Waals surface area contributed by atoms with Crippen molar-refractivity contribution in [1.29, 1.82) is 52.6 Å². The Labute approximate surface area is 838 Å². The molecule has 728 valence electrons. The van der Waals surface area contributed by atoms with Crippen LogP contribution in [-0.2, 0) is 136 Å². The Bertz CT molecular complexity index is 4940. The van der Waals surface area contributed by atoms with Gasteiger partial charge in [0, 0.05) is 143 Å². The number of carboxylic acids is 4.